The van der Waals surface area contributed by atoms with Gasteiger partial charge in [0.2, 0.25) is 0 Å². The van der Waals surface area contributed by atoms with Crippen LogP contribution in [0.4, 0.5) is 0 Å². The van der Waals surface area contributed by atoms with Crippen LogP contribution in [0.1, 0.15) is 37.9 Å². The number of aryl methyl sites for hydroxylation is 1. The zero-order chi connectivity index (χ0) is 15.5. The van der Waals surface area contributed by atoms with Crippen molar-refractivity contribution in [1.82, 2.24) is 0 Å². The SMILES string of the molecule is Cc1ccccc1C(N)[C@H](C(=O)O)C(=O)OC(C)(C)C. The van der Waals surface area contributed by atoms with Crippen LogP contribution in [-0.2, 0) is 14.3 Å². The molecule has 1 unspecified atom stereocenters. The summed E-state index contributed by atoms with van der Waals surface area (Å²) < 4.78 is 5.14. The van der Waals surface area contributed by atoms with Crippen LogP contribution < -0.4 is 5.73 Å². The summed E-state index contributed by atoms with van der Waals surface area (Å²) in [6.45, 7) is 6.87. The van der Waals surface area contributed by atoms with Crippen molar-refractivity contribution in [2.75, 3.05) is 0 Å². The molecule has 5 heteroatoms. The van der Waals surface area contributed by atoms with Gasteiger partial charge in [-0.25, -0.2) is 0 Å². The summed E-state index contributed by atoms with van der Waals surface area (Å²) in [7, 11) is 0. The van der Waals surface area contributed by atoms with Crippen LogP contribution in [0.25, 0.3) is 0 Å². The van der Waals surface area contributed by atoms with Crippen molar-refractivity contribution in [3.05, 3.63) is 35.4 Å². The van der Waals surface area contributed by atoms with E-state index in [2.05, 4.69) is 0 Å². The average molecular weight is 279 g/mol. The van der Waals surface area contributed by atoms with E-state index in [1.165, 1.54) is 0 Å². The lowest BCUT2D eigenvalue weighted by atomic mass is 9.91. The van der Waals surface area contributed by atoms with Crippen LogP contribution in [0.3, 0.4) is 0 Å². The van der Waals surface area contributed by atoms with E-state index in [0.29, 0.717) is 5.56 Å². The molecule has 0 fully saturated rings. The van der Waals surface area contributed by atoms with E-state index in [4.69, 9.17) is 10.5 Å². The third kappa shape index (κ3) is 4.06. The molecule has 0 aliphatic rings. The first-order chi connectivity index (χ1) is 9.13. The fourth-order valence-corrected chi connectivity index (χ4v) is 1.91. The molecule has 1 aromatic rings. The quantitative estimate of drug-likeness (QED) is 0.650. The Morgan fingerprint density at radius 2 is 1.80 bits per heavy atom. The van der Waals surface area contributed by atoms with Crippen molar-refractivity contribution in [2.45, 2.75) is 39.3 Å². The van der Waals surface area contributed by atoms with Gasteiger partial charge in [0.25, 0.3) is 0 Å². The largest absolute Gasteiger partial charge is 0.481 e. The minimum Gasteiger partial charge on any atom is -0.481 e. The van der Waals surface area contributed by atoms with E-state index < -0.39 is 29.5 Å². The molecule has 0 bridgehead atoms. The number of carboxylic acid groups (broad SMARTS) is 1. The van der Waals surface area contributed by atoms with Crippen LogP contribution in [0.5, 0.6) is 0 Å². The topological polar surface area (TPSA) is 89.6 Å². The Hall–Kier alpha value is -1.88. The highest BCUT2D eigenvalue weighted by molar-refractivity contribution is 5.95. The maximum Gasteiger partial charge on any atom is 0.322 e. The summed E-state index contributed by atoms with van der Waals surface area (Å²) in [6, 6.07) is 6.19. The number of ether oxygens (including phenoxy) is 1. The van der Waals surface area contributed by atoms with E-state index in [-0.39, 0.29) is 0 Å². The van der Waals surface area contributed by atoms with Crippen LogP contribution >= 0.6 is 0 Å². The first kappa shape index (κ1) is 16.2. The lowest BCUT2D eigenvalue weighted by Gasteiger charge is -2.25. The van der Waals surface area contributed by atoms with Crippen molar-refractivity contribution < 1.29 is 19.4 Å². The van der Waals surface area contributed by atoms with Crippen molar-refractivity contribution in [3.8, 4) is 0 Å². The Bertz CT molecular complexity index is 505. The maximum absolute atomic E-state index is 12.0. The number of nitrogens with two attached hydrogens (primary N) is 1. The normalized spacial score (nSPS) is 14.4. The summed E-state index contributed by atoms with van der Waals surface area (Å²) >= 11 is 0. The summed E-state index contributed by atoms with van der Waals surface area (Å²) in [5.41, 5.74) is 6.70. The van der Waals surface area contributed by atoms with E-state index in [1.807, 2.05) is 19.1 Å². The molecule has 0 saturated heterocycles. The zero-order valence-corrected chi connectivity index (χ0v) is 12.2. The van der Waals surface area contributed by atoms with E-state index in [0.717, 1.165) is 5.56 Å². The van der Waals surface area contributed by atoms with Crippen molar-refractivity contribution in [1.29, 1.82) is 0 Å². The Balaban J connectivity index is 3.06. The maximum atomic E-state index is 12.0. The molecule has 2 atom stereocenters. The second kappa shape index (κ2) is 6.05. The van der Waals surface area contributed by atoms with E-state index in [9.17, 15) is 14.7 Å². The Morgan fingerprint density at radius 1 is 1.25 bits per heavy atom. The van der Waals surface area contributed by atoms with E-state index in [1.54, 1.807) is 32.9 Å². The Labute approximate surface area is 118 Å². The molecule has 3 N–H and O–H groups in total. The van der Waals surface area contributed by atoms with Gasteiger partial charge < -0.3 is 15.6 Å². The molecular formula is C15H21NO4. The first-order valence-electron chi connectivity index (χ1n) is 6.40. The average Bonchev–Trinajstić information content (AvgIpc) is 2.26. The molecule has 0 aliphatic heterocycles. The number of hydrogen-bond acceptors (Lipinski definition) is 4. The highest BCUT2D eigenvalue weighted by Gasteiger charge is 2.37. The van der Waals surface area contributed by atoms with Gasteiger partial charge in [0.05, 0.1) is 6.04 Å². The number of carbonyl (C=O) groups excluding carboxylic acids is 1. The smallest absolute Gasteiger partial charge is 0.322 e. The number of benzene rings is 1. The van der Waals surface area contributed by atoms with Crippen LogP contribution in [0, 0.1) is 12.8 Å². The van der Waals surface area contributed by atoms with Crippen molar-refractivity contribution in [2.24, 2.45) is 11.7 Å². The molecule has 1 aromatic carbocycles. The Morgan fingerprint density at radius 3 is 2.25 bits per heavy atom. The second-order valence-electron chi connectivity index (χ2n) is 5.73. The minimum absolute atomic E-state index is 0.630. The fraction of sp³-hybridized carbons (Fsp3) is 0.467. The predicted octanol–water partition coefficient (Wildman–Crippen LogP) is 2.04. The molecule has 0 heterocycles. The van der Waals surface area contributed by atoms with Crippen molar-refractivity contribution >= 4 is 11.9 Å². The number of rotatable bonds is 4. The van der Waals surface area contributed by atoms with E-state index >= 15 is 0 Å². The van der Waals surface area contributed by atoms with Gasteiger partial charge in [0.15, 0.2) is 5.92 Å². The molecule has 5 nitrogen and oxygen atoms in total. The highest BCUT2D eigenvalue weighted by Crippen LogP contribution is 2.25. The summed E-state index contributed by atoms with van der Waals surface area (Å²) in [5, 5.41) is 9.28. The van der Waals surface area contributed by atoms with Gasteiger partial charge in [-0.05, 0) is 38.8 Å². The van der Waals surface area contributed by atoms with Crippen LogP contribution in [-0.4, -0.2) is 22.6 Å². The highest BCUT2D eigenvalue weighted by atomic mass is 16.6. The predicted molar refractivity (Wildman–Crippen MR) is 75.1 cm³/mol. The van der Waals surface area contributed by atoms with Gasteiger partial charge in [0.1, 0.15) is 5.60 Å². The first-order valence-corrected chi connectivity index (χ1v) is 6.40. The lowest BCUT2D eigenvalue weighted by Crippen LogP contribution is -2.39. The molecule has 0 aliphatic carbocycles. The summed E-state index contributed by atoms with van der Waals surface area (Å²) in [5.74, 6) is -3.52. The number of esters is 1. The molecule has 0 aromatic heterocycles. The molecular weight excluding hydrogens is 258 g/mol. The van der Waals surface area contributed by atoms with Gasteiger partial charge in [-0.1, -0.05) is 24.3 Å². The van der Waals surface area contributed by atoms with Crippen LogP contribution in [0.15, 0.2) is 24.3 Å². The van der Waals surface area contributed by atoms with Crippen molar-refractivity contribution in [3.63, 3.8) is 0 Å². The van der Waals surface area contributed by atoms with Gasteiger partial charge in [-0.2, -0.15) is 0 Å². The molecule has 0 spiro atoms. The number of aliphatic carboxylic acids is 1. The molecule has 0 radical (unpaired) electrons. The van der Waals surface area contributed by atoms with Gasteiger partial charge in [-0.15, -0.1) is 0 Å². The third-order valence-corrected chi connectivity index (χ3v) is 2.83. The standard InChI is InChI=1S/C15H21NO4/c1-9-7-5-6-8-10(9)12(16)11(13(17)18)14(19)20-15(2,3)4/h5-8,11-12H,16H2,1-4H3,(H,17,18)/t11-,12?/m1/s1. The van der Waals surface area contributed by atoms with Gasteiger partial charge in [-0.3, -0.25) is 9.59 Å². The zero-order valence-electron chi connectivity index (χ0n) is 12.2. The summed E-state index contributed by atoms with van der Waals surface area (Å²) in [6.07, 6.45) is 0. The Kier molecular flexibility index (Phi) is 4.89. The molecule has 1 rings (SSSR count). The molecule has 110 valence electrons. The second-order valence-corrected chi connectivity index (χ2v) is 5.73. The molecule has 0 saturated carbocycles. The molecule has 20 heavy (non-hydrogen) atoms. The van der Waals surface area contributed by atoms with Crippen LogP contribution in [0.2, 0.25) is 0 Å². The lowest BCUT2D eigenvalue weighted by molar-refractivity contribution is -0.167. The number of carboxylic acids is 1. The summed E-state index contributed by atoms with van der Waals surface area (Å²) in [4.78, 5) is 23.4. The third-order valence-electron chi connectivity index (χ3n) is 2.83. The monoisotopic (exact) mass is 279 g/mol. The number of hydrogen-bond donors (Lipinski definition) is 2. The van der Waals surface area contributed by atoms with Gasteiger partial charge >= 0.3 is 11.9 Å². The fourth-order valence-electron chi connectivity index (χ4n) is 1.91. The minimum atomic E-state index is -1.42. The number of carbonyl (C=O) groups is 2. The molecule has 0 amide bonds. The van der Waals surface area contributed by atoms with Gasteiger partial charge in [0, 0.05) is 0 Å².